The number of carboxylic acids is 1. The summed E-state index contributed by atoms with van der Waals surface area (Å²) in [5.74, 6) is -1.04. The second-order valence-corrected chi connectivity index (χ2v) is 7.94. The summed E-state index contributed by atoms with van der Waals surface area (Å²) >= 11 is 6.22. The quantitative estimate of drug-likeness (QED) is 0.509. The number of nitrogens with one attached hydrogen (secondary N) is 1. The lowest BCUT2D eigenvalue weighted by Gasteiger charge is -2.15. The van der Waals surface area contributed by atoms with Crippen molar-refractivity contribution in [3.63, 3.8) is 0 Å². The maximum atomic E-state index is 13.0. The molecule has 2 aromatic carbocycles. The smallest absolute Gasteiger partial charge is 0.307 e. The summed E-state index contributed by atoms with van der Waals surface area (Å²) in [6.45, 7) is 4.90. The van der Waals surface area contributed by atoms with Crippen LogP contribution in [0.2, 0.25) is 5.02 Å². The Labute approximate surface area is 181 Å². The SMILES string of the molecule is CC(C)c1c(C(=O)Nc2cc(CC(=O)O)ccc2Cl)ccn1CCc1ccccc1. The van der Waals surface area contributed by atoms with E-state index in [4.69, 9.17) is 16.7 Å². The summed E-state index contributed by atoms with van der Waals surface area (Å²) in [5.41, 5.74) is 3.78. The molecule has 156 valence electrons. The topological polar surface area (TPSA) is 71.3 Å². The minimum atomic E-state index is -0.938. The third-order valence-corrected chi connectivity index (χ3v) is 5.25. The van der Waals surface area contributed by atoms with Gasteiger partial charge in [0.15, 0.2) is 0 Å². The van der Waals surface area contributed by atoms with Gasteiger partial charge >= 0.3 is 5.97 Å². The van der Waals surface area contributed by atoms with Crippen LogP contribution in [0.1, 0.15) is 46.9 Å². The summed E-state index contributed by atoms with van der Waals surface area (Å²) in [5, 5.41) is 12.2. The fourth-order valence-corrected chi connectivity index (χ4v) is 3.72. The van der Waals surface area contributed by atoms with Crippen molar-refractivity contribution >= 4 is 29.2 Å². The van der Waals surface area contributed by atoms with Gasteiger partial charge in [-0.05, 0) is 41.7 Å². The van der Waals surface area contributed by atoms with Crippen molar-refractivity contribution in [1.29, 1.82) is 0 Å². The average molecular weight is 425 g/mol. The minimum absolute atomic E-state index is 0.132. The van der Waals surface area contributed by atoms with Gasteiger partial charge in [0, 0.05) is 18.4 Å². The third kappa shape index (κ3) is 5.30. The van der Waals surface area contributed by atoms with E-state index in [2.05, 4.69) is 35.9 Å². The number of rotatable bonds is 8. The van der Waals surface area contributed by atoms with Gasteiger partial charge in [-0.15, -0.1) is 0 Å². The highest BCUT2D eigenvalue weighted by Crippen LogP contribution is 2.27. The van der Waals surface area contributed by atoms with Gasteiger partial charge in [-0.25, -0.2) is 0 Å². The van der Waals surface area contributed by atoms with Crippen LogP contribution in [0.15, 0.2) is 60.8 Å². The number of anilines is 1. The van der Waals surface area contributed by atoms with Crippen molar-refractivity contribution in [2.75, 3.05) is 5.32 Å². The van der Waals surface area contributed by atoms with Gasteiger partial charge in [0.25, 0.3) is 5.91 Å². The van der Waals surface area contributed by atoms with Gasteiger partial charge < -0.3 is 15.0 Å². The maximum absolute atomic E-state index is 13.0. The molecule has 0 saturated heterocycles. The van der Waals surface area contributed by atoms with Crippen molar-refractivity contribution in [2.45, 2.75) is 39.2 Å². The monoisotopic (exact) mass is 424 g/mol. The molecule has 0 aliphatic rings. The van der Waals surface area contributed by atoms with E-state index in [-0.39, 0.29) is 18.2 Å². The van der Waals surface area contributed by atoms with Gasteiger partial charge in [-0.2, -0.15) is 0 Å². The molecule has 0 atom stereocenters. The van der Waals surface area contributed by atoms with Gasteiger partial charge in [-0.3, -0.25) is 9.59 Å². The Morgan fingerprint density at radius 3 is 2.47 bits per heavy atom. The van der Waals surface area contributed by atoms with Crippen LogP contribution in [0.3, 0.4) is 0 Å². The van der Waals surface area contributed by atoms with E-state index in [1.807, 2.05) is 30.5 Å². The van der Waals surface area contributed by atoms with E-state index >= 15 is 0 Å². The molecule has 30 heavy (non-hydrogen) atoms. The molecule has 2 N–H and O–H groups in total. The Morgan fingerprint density at radius 2 is 1.80 bits per heavy atom. The zero-order valence-corrected chi connectivity index (χ0v) is 17.8. The van der Waals surface area contributed by atoms with Crippen LogP contribution in [0.5, 0.6) is 0 Å². The number of aryl methyl sites for hydroxylation is 2. The van der Waals surface area contributed by atoms with Crippen molar-refractivity contribution in [2.24, 2.45) is 0 Å². The number of halogens is 1. The van der Waals surface area contributed by atoms with Gasteiger partial charge in [0.05, 0.1) is 22.7 Å². The lowest BCUT2D eigenvalue weighted by atomic mass is 10.0. The Kier molecular flexibility index (Phi) is 6.95. The number of nitrogens with zero attached hydrogens (tertiary/aromatic N) is 1. The summed E-state index contributed by atoms with van der Waals surface area (Å²) < 4.78 is 2.12. The number of hydrogen-bond donors (Lipinski definition) is 2. The predicted molar refractivity (Wildman–Crippen MR) is 119 cm³/mol. The van der Waals surface area contributed by atoms with Crippen molar-refractivity contribution in [3.05, 3.63) is 88.2 Å². The molecular weight excluding hydrogens is 400 g/mol. The van der Waals surface area contributed by atoms with E-state index in [9.17, 15) is 9.59 Å². The molecular formula is C24H25ClN2O3. The highest BCUT2D eigenvalue weighted by molar-refractivity contribution is 6.34. The molecule has 0 aliphatic heterocycles. The maximum Gasteiger partial charge on any atom is 0.307 e. The highest BCUT2D eigenvalue weighted by atomic mass is 35.5. The molecule has 0 fully saturated rings. The first-order valence-electron chi connectivity index (χ1n) is 9.89. The molecule has 6 heteroatoms. The molecule has 5 nitrogen and oxygen atoms in total. The van der Waals surface area contributed by atoms with Gasteiger partial charge in [0.2, 0.25) is 0 Å². The molecule has 0 radical (unpaired) electrons. The summed E-state index contributed by atoms with van der Waals surface area (Å²) in [4.78, 5) is 24.0. The zero-order chi connectivity index (χ0) is 21.7. The Morgan fingerprint density at radius 1 is 1.07 bits per heavy atom. The van der Waals surface area contributed by atoms with Crippen molar-refractivity contribution in [1.82, 2.24) is 4.57 Å². The number of aliphatic carboxylic acids is 1. The summed E-state index contributed by atoms with van der Waals surface area (Å²) in [6.07, 6.45) is 2.68. The van der Waals surface area contributed by atoms with Gasteiger partial charge in [-0.1, -0.05) is 61.8 Å². The number of aromatic nitrogens is 1. The van der Waals surface area contributed by atoms with Crippen LogP contribution >= 0.6 is 11.6 Å². The molecule has 0 aliphatic carbocycles. The van der Waals surface area contributed by atoms with E-state index in [1.165, 1.54) is 5.56 Å². The number of benzene rings is 2. The molecule has 0 unspecified atom stereocenters. The first-order chi connectivity index (χ1) is 14.3. The number of carbonyl (C=O) groups excluding carboxylic acids is 1. The zero-order valence-electron chi connectivity index (χ0n) is 17.1. The van der Waals surface area contributed by atoms with Crippen LogP contribution in [-0.4, -0.2) is 21.6 Å². The van der Waals surface area contributed by atoms with E-state index in [0.29, 0.717) is 21.8 Å². The molecule has 3 aromatic rings. The standard InChI is InChI=1S/C24H25ClN2O3/c1-16(2)23-19(11-13-27(23)12-10-17-6-4-3-5-7-17)24(30)26-21-14-18(15-22(28)29)8-9-20(21)25/h3-9,11,13-14,16H,10,12,15H2,1-2H3,(H,26,30)(H,28,29). The van der Waals surface area contributed by atoms with Crippen molar-refractivity contribution < 1.29 is 14.7 Å². The molecule has 1 aromatic heterocycles. The number of amides is 1. The lowest BCUT2D eigenvalue weighted by Crippen LogP contribution is -2.16. The number of carboxylic acid groups (broad SMARTS) is 1. The van der Waals surface area contributed by atoms with Gasteiger partial charge in [0.1, 0.15) is 0 Å². The first-order valence-corrected chi connectivity index (χ1v) is 10.3. The predicted octanol–water partition coefficient (Wildman–Crippen LogP) is 5.39. The minimum Gasteiger partial charge on any atom is -0.481 e. The lowest BCUT2D eigenvalue weighted by molar-refractivity contribution is -0.136. The van der Waals surface area contributed by atoms with E-state index < -0.39 is 5.97 Å². The molecule has 0 bridgehead atoms. The largest absolute Gasteiger partial charge is 0.481 e. The third-order valence-electron chi connectivity index (χ3n) is 4.92. The number of carbonyl (C=O) groups is 2. The normalized spacial score (nSPS) is 10.9. The second kappa shape index (κ2) is 9.63. The summed E-state index contributed by atoms with van der Waals surface area (Å²) in [7, 11) is 0. The fraction of sp³-hybridized carbons (Fsp3) is 0.250. The highest BCUT2D eigenvalue weighted by Gasteiger charge is 2.19. The first kappa shape index (κ1) is 21.7. The molecule has 3 rings (SSSR count). The van der Waals surface area contributed by atoms with Crippen LogP contribution < -0.4 is 5.32 Å². The average Bonchev–Trinajstić information content (AvgIpc) is 3.14. The molecule has 0 spiro atoms. The van der Waals surface area contributed by atoms with Crippen LogP contribution in [-0.2, 0) is 24.2 Å². The fourth-order valence-electron chi connectivity index (χ4n) is 3.55. The Hall–Kier alpha value is -3.05. The summed E-state index contributed by atoms with van der Waals surface area (Å²) in [6, 6.07) is 16.9. The second-order valence-electron chi connectivity index (χ2n) is 7.54. The van der Waals surface area contributed by atoms with E-state index in [1.54, 1.807) is 18.2 Å². The Bertz CT molecular complexity index is 1040. The van der Waals surface area contributed by atoms with E-state index in [0.717, 1.165) is 18.7 Å². The molecule has 1 heterocycles. The van der Waals surface area contributed by atoms with Crippen LogP contribution in [0.25, 0.3) is 0 Å². The van der Waals surface area contributed by atoms with Crippen LogP contribution in [0, 0.1) is 0 Å². The molecule has 1 amide bonds. The van der Waals surface area contributed by atoms with Crippen molar-refractivity contribution in [3.8, 4) is 0 Å². The number of hydrogen-bond acceptors (Lipinski definition) is 2. The molecule has 0 saturated carbocycles. The Balaban J connectivity index is 1.81. The van der Waals surface area contributed by atoms with Crippen LogP contribution in [0.4, 0.5) is 5.69 Å².